The van der Waals surface area contributed by atoms with Crippen molar-refractivity contribution in [1.82, 2.24) is 4.90 Å². The minimum atomic E-state index is -1.05. The molecule has 0 aliphatic heterocycles. The van der Waals surface area contributed by atoms with E-state index in [0.717, 1.165) is 24.4 Å². The topological polar surface area (TPSA) is 44.1 Å². The summed E-state index contributed by atoms with van der Waals surface area (Å²) in [5.41, 5.74) is 1.02. The Morgan fingerprint density at radius 3 is 2.09 bits per heavy atom. The number of hydrogen-bond donors (Lipinski definition) is 0. The van der Waals surface area contributed by atoms with Gasteiger partial charge in [0.25, 0.3) is 0 Å². The van der Waals surface area contributed by atoms with Crippen LogP contribution in [0.4, 0.5) is 0 Å². The van der Waals surface area contributed by atoms with Crippen LogP contribution in [0.2, 0.25) is 0 Å². The molecule has 0 unspecified atom stereocenters. The van der Waals surface area contributed by atoms with Crippen molar-refractivity contribution in [2.24, 2.45) is 10.8 Å². The number of nitriles is 1. The molecule has 0 N–H and O–H groups in total. The molecule has 0 saturated heterocycles. The largest absolute Gasteiger partial charge is 0.373 e. The van der Waals surface area contributed by atoms with Crippen molar-refractivity contribution in [2.75, 3.05) is 13.1 Å². The highest BCUT2D eigenvalue weighted by Crippen LogP contribution is 2.57. The van der Waals surface area contributed by atoms with E-state index in [1.807, 2.05) is 51.1 Å². The lowest BCUT2D eigenvalue weighted by atomic mass is 9.53. The van der Waals surface area contributed by atoms with E-state index in [0.29, 0.717) is 5.57 Å². The van der Waals surface area contributed by atoms with Crippen LogP contribution in [0.3, 0.4) is 0 Å². The summed E-state index contributed by atoms with van der Waals surface area (Å²) in [7, 11) is 0. The molecule has 0 amide bonds. The molecule has 0 aromatic heterocycles. The quantitative estimate of drug-likeness (QED) is 0.847. The molecule has 0 fully saturated rings. The molecule has 0 saturated carbocycles. The molecular formula is C19H24N2O. The molecule has 1 aromatic rings. The third-order valence-electron chi connectivity index (χ3n) is 4.59. The standard InChI is InChI=1S/C19H24N2O/c1-6-21(7-2)16-15(14-11-9-8-10-12-14)17(22)19(16,13-20)18(3,4)5/h8-12H,6-7H2,1-5H3/t19-/m1/s1. The van der Waals surface area contributed by atoms with Gasteiger partial charge in [0, 0.05) is 18.7 Å². The van der Waals surface area contributed by atoms with Gasteiger partial charge in [0.05, 0.1) is 11.8 Å². The first-order valence-electron chi connectivity index (χ1n) is 7.86. The van der Waals surface area contributed by atoms with Crippen molar-refractivity contribution in [3.8, 4) is 6.07 Å². The predicted molar refractivity (Wildman–Crippen MR) is 88.8 cm³/mol. The van der Waals surface area contributed by atoms with Gasteiger partial charge >= 0.3 is 0 Å². The zero-order valence-electron chi connectivity index (χ0n) is 14.1. The lowest BCUT2D eigenvalue weighted by Crippen LogP contribution is -2.56. The van der Waals surface area contributed by atoms with Gasteiger partial charge in [0.1, 0.15) is 0 Å². The average Bonchev–Trinajstić information content (AvgIpc) is 2.48. The summed E-state index contributed by atoms with van der Waals surface area (Å²) in [6.45, 7) is 11.6. The van der Waals surface area contributed by atoms with Crippen molar-refractivity contribution in [1.29, 1.82) is 5.26 Å². The van der Waals surface area contributed by atoms with E-state index in [-0.39, 0.29) is 5.78 Å². The second kappa shape index (κ2) is 5.61. The van der Waals surface area contributed by atoms with Crippen molar-refractivity contribution >= 4 is 11.4 Å². The zero-order chi connectivity index (χ0) is 16.5. The second-order valence-corrected chi connectivity index (χ2v) is 6.70. The fourth-order valence-corrected chi connectivity index (χ4v) is 3.30. The van der Waals surface area contributed by atoms with Gasteiger partial charge in [0.2, 0.25) is 0 Å². The average molecular weight is 296 g/mol. The fraction of sp³-hybridized carbons (Fsp3) is 0.474. The maximum absolute atomic E-state index is 13.0. The van der Waals surface area contributed by atoms with Gasteiger partial charge in [-0.15, -0.1) is 0 Å². The summed E-state index contributed by atoms with van der Waals surface area (Å²) in [6.07, 6.45) is 0. The molecule has 3 heteroatoms. The van der Waals surface area contributed by atoms with E-state index in [2.05, 4.69) is 24.8 Å². The Balaban J connectivity index is 2.74. The van der Waals surface area contributed by atoms with Crippen LogP contribution in [0.15, 0.2) is 36.0 Å². The van der Waals surface area contributed by atoms with Crippen LogP contribution in [0, 0.1) is 22.2 Å². The minimum absolute atomic E-state index is 0.0457. The van der Waals surface area contributed by atoms with Gasteiger partial charge in [-0.25, -0.2) is 0 Å². The first-order chi connectivity index (χ1) is 10.3. The number of benzene rings is 1. The van der Waals surface area contributed by atoms with Crippen LogP contribution in [0.5, 0.6) is 0 Å². The Labute approximate surface area is 133 Å². The minimum Gasteiger partial charge on any atom is -0.373 e. The Bertz CT molecular complexity index is 642. The van der Waals surface area contributed by atoms with Crippen molar-refractivity contribution < 1.29 is 4.79 Å². The summed E-state index contributed by atoms with van der Waals surface area (Å²) in [4.78, 5) is 15.2. The van der Waals surface area contributed by atoms with Gasteiger partial charge in [-0.1, -0.05) is 51.1 Å². The smallest absolute Gasteiger partial charge is 0.192 e. The molecule has 1 aliphatic carbocycles. The number of carbonyl (C=O) groups excluding carboxylic acids is 1. The van der Waals surface area contributed by atoms with Crippen LogP contribution in [-0.4, -0.2) is 23.8 Å². The Kier molecular flexibility index (Phi) is 4.15. The van der Waals surface area contributed by atoms with E-state index in [1.54, 1.807) is 0 Å². The van der Waals surface area contributed by atoms with Crippen LogP contribution in [0.1, 0.15) is 40.2 Å². The molecule has 116 valence electrons. The number of Topliss-reactive ketones (excluding diaryl/α,β-unsaturated/α-hetero) is 1. The van der Waals surface area contributed by atoms with E-state index >= 15 is 0 Å². The predicted octanol–water partition coefficient (Wildman–Crippen LogP) is 3.88. The highest BCUT2D eigenvalue weighted by molar-refractivity contribution is 6.33. The highest BCUT2D eigenvalue weighted by atomic mass is 16.1. The molecule has 1 aromatic carbocycles. The van der Waals surface area contributed by atoms with Crippen molar-refractivity contribution in [3.63, 3.8) is 0 Å². The molecule has 0 heterocycles. The second-order valence-electron chi connectivity index (χ2n) is 6.70. The van der Waals surface area contributed by atoms with Crippen molar-refractivity contribution in [2.45, 2.75) is 34.6 Å². The van der Waals surface area contributed by atoms with Crippen LogP contribution in [-0.2, 0) is 4.79 Å². The third kappa shape index (κ3) is 2.06. The lowest BCUT2D eigenvalue weighted by molar-refractivity contribution is -0.126. The molecule has 1 aliphatic rings. The molecule has 1 atom stereocenters. The maximum atomic E-state index is 13.0. The Morgan fingerprint density at radius 1 is 1.14 bits per heavy atom. The third-order valence-corrected chi connectivity index (χ3v) is 4.59. The molecule has 2 rings (SSSR count). The lowest BCUT2D eigenvalue weighted by Gasteiger charge is -2.51. The monoisotopic (exact) mass is 296 g/mol. The fourth-order valence-electron chi connectivity index (χ4n) is 3.30. The number of allylic oxidation sites excluding steroid dienone is 2. The SMILES string of the molecule is CCN(CC)C1=C(c2ccccc2)C(=O)[C@]1(C#N)C(C)(C)C. The van der Waals surface area contributed by atoms with E-state index in [4.69, 9.17) is 0 Å². The first-order valence-corrected chi connectivity index (χ1v) is 7.86. The van der Waals surface area contributed by atoms with Crippen LogP contribution >= 0.6 is 0 Å². The summed E-state index contributed by atoms with van der Waals surface area (Å²) in [5.74, 6) is -0.0457. The van der Waals surface area contributed by atoms with E-state index in [9.17, 15) is 10.1 Å². The summed E-state index contributed by atoms with van der Waals surface area (Å²) >= 11 is 0. The normalized spacial score (nSPS) is 21.4. The number of nitrogens with zero attached hydrogens (tertiary/aromatic N) is 2. The maximum Gasteiger partial charge on any atom is 0.192 e. The van der Waals surface area contributed by atoms with Gasteiger partial charge in [-0.05, 0) is 24.8 Å². The number of carbonyl (C=O) groups is 1. The van der Waals surface area contributed by atoms with E-state index < -0.39 is 10.8 Å². The molecule has 0 bridgehead atoms. The summed E-state index contributed by atoms with van der Waals surface area (Å²) < 4.78 is 0. The van der Waals surface area contributed by atoms with Gasteiger partial charge in [-0.2, -0.15) is 5.26 Å². The van der Waals surface area contributed by atoms with Gasteiger partial charge in [-0.3, -0.25) is 4.79 Å². The Morgan fingerprint density at radius 2 is 1.68 bits per heavy atom. The highest BCUT2D eigenvalue weighted by Gasteiger charge is 2.62. The summed E-state index contributed by atoms with van der Waals surface area (Å²) in [6, 6.07) is 12.0. The van der Waals surface area contributed by atoms with E-state index in [1.165, 1.54) is 0 Å². The first kappa shape index (κ1) is 16.3. The molecule has 22 heavy (non-hydrogen) atoms. The van der Waals surface area contributed by atoms with Crippen molar-refractivity contribution in [3.05, 3.63) is 41.6 Å². The van der Waals surface area contributed by atoms with Crippen LogP contribution < -0.4 is 0 Å². The molecule has 3 nitrogen and oxygen atoms in total. The Hall–Kier alpha value is -2.08. The number of rotatable bonds is 4. The molecule has 0 radical (unpaired) electrons. The number of ketones is 1. The van der Waals surface area contributed by atoms with Crippen LogP contribution in [0.25, 0.3) is 5.57 Å². The number of hydrogen-bond acceptors (Lipinski definition) is 3. The van der Waals surface area contributed by atoms with Gasteiger partial charge < -0.3 is 4.90 Å². The summed E-state index contributed by atoms with van der Waals surface area (Å²) in [5, 5.41) is 9.89. The molecule has 0 spiro atoms. The van der Waals surface area contributed by atoms with Gasteiger partial charge in [0.15, 0.2) is 11.2 Å². The molecular weight excluding hydrogens is 272 g/mol. The zero-order valence-corrected chi connectivity index (χ0v) is 14.1.